The summed E-state index contributed by atoms with van der Waals surface area (Å²) in [5.74, 6) is 0.131. The van der Waals surface area contributed by atoms with Crippen molar-refractivity contribution in [2.24, 2.45) is 0 Å². The predicted octanol–water partition coefficient (Wildman–Crippen LogP) is 3.12. The number of hydrogen-bond acceptors (Lipinski definition) is 8. The Labute approximate surface area is 168 Å². The molecular weight excluding hydrogens is 374 g/mol. The van der Waals surface area contributed by atoms with E-state index in [-0.39, 0.29) is 23.9 Å². The first-order valence-electron chi connectivity index (χ1n) is 9.35. The fraction of sp³-hybridized carbons (Fsp3) is 0.350. The quantitative estimate of drug-likeness (QED) is 0.450. The summed E-state index contributed by atoms with van der Waals surface area (Å²) in [5.41, 5.74) is 0.853. The average Bonchev–Trinajstić information content (AvgIpc) is 2.74. The van der Waals surface area contributed by atoms with E-state index < -0.39 is 10.9 Å². The van der Waals surface area contributed by atoms with Crippen LogP contribution in [0.1, 0.15) is 35.7 Å². The van der Waals surface area contributed by atoms with Crippen molar-refractivity contribution in [1.82, 2.24) is 4.98 Å². The summed E-state index contributed by atoms with van der Waals surface area (Å²) >= 11 is 0. The number of piperidine rings is 1. The fourth-order valence-electron chi connectivity index (χ4n) is 3.29. The number of carbonyl (C=O) groups excluding carboxylic acids is 1. The Morgan fingerprint density at radius 1 is 1.38 bits per heavy atom. The third-order valence-corrected chi connectivity index (χ3v) is 4.76. The number of aromatic nitrogens is 1. The van der Waals surface area contributed by atoms with E-state index in [9.17, 15) is 14.9 Å². The van der Waals surface area contributed by atoms with Gasteiger partial charge in [-0.25, -0.2) is 9.78 Å². The molecule has 1 aliphatic heterocycles. The number of pyridine rings is 1. The summed E-state index contributed by atoms with van der Waals surface area (Å²) in [4.78, 5) is 29.2. The van der Waals surface area contributed by atoms with Crippen LogP contribution in [0.25, 0.3) is 0 Å². The first kappa shape index (κ1) is 20.1. The first-order chi connectivity index (χ1) is 14.0. The standard InChI is InChI=1S/C20H21N5O4/c1-2-29-20(26)17-11-16(4-5-18(17)25(27)28)23-15-7-9-24(10-8-15)19-6-3-14(12-21)13-22-19/h3-6,11,13,15,23H,2,7-10H2,1H3. The monoisotopic (exact) mass is 395 g/mol. The number of hydrogen-bond donors (Lipinski definition) is 1. The van der Waals surface area contributed by atoms with Crippen molar-refractivity contribution in [3.8, 4) is 6.07 Å². The summed E-state index contributed by atoms with van der Waals surface area (Å²) in [5, 5.41) is 23.4. The molecule has 0 unspecified atom stereocenters. The number of nitrogens with one attached hydrogen (secondary N) is 1. The molecule has 9 heteroatoms. The van der Waals surface area contributed by atoms with Gasteiger partial charge in [-0.05, 0) is 44.0 Å². The summed E-state index contributed by atoms with van der Waals surface area (Å²) in [6, 6.07) is 10.2. The van der Waals surface area contributed by atoms with Gasteiger partial charge in [-0.2, -0.15) is 5.26 Å². The highest BCUT2D eigenvalue weighted by Gasteiger charge is 2.24. The molecule has 0 saturated carbocycles. The topological polar surface area (TPSA) is 121 Å². The van der Waals surface area contributed by atoms with Crippen LogP contribution in [-0.2, 0) is 4.74 Å². The van der Waals surface area contributed by atoms with E-state index in [1.165, 1.54) is 12.1 Å². The SMILES string of the molecule is CCOC(=O)c1cc(NC2CCN(c3ccc(C#N)cn3)CC2)ccc1[N+](=O)[O-]. The van der Waals surface area contributed by atoms with Gasteiger partial charge in [0.2, 0.25) is 0 Å². The van der Waals surface area contributed by atoms with E-state index in [2.05, 4.69) is 21.3 Å². The van der Waals surface area contributed by atoms with Crippen LogP contribution < -0.4 is 10.2 Å². The van der Waals surface area contributed by atoms with Crippen molar-refractivity contribution in [2.45, 2.75) is 25.8 Å². The summed E-state index contributed by atoms with van der Waals surface area (Å²) in [6.45, 7) is 3.38. The molecule has 1 aliphatic rings. The maximum absolute atomic E-state index is 12.1. The number of benzene rings is 1. The van der Waals surface area contributed by atoms with Gasteiger partial charge in [0.1, 0.15) is 17.5 Å². The van der Waals surface area contributed by atoms with Gasteiger partial charge in [0.15, 0.2) is 0 Å². The average molecular weight is 395 g/mol. The third-order valence-electron chi connectivity index (χ3n) is 4.76. The number of anilines is 2. The Morgan fingerprint density at radius 3 is 2.72 bits per heavy atom. The Balaban J connectivity index is 1.65. The van der Waals surface area contributed by atoms with Gasteiger partial charge in [0.05, 0.1) is 17.1 Å². The molecule has 0 bridgehead atoms. The van der Waals surface area contributed by atoms with Crippen LogP contribution in [-0.4, -0.2) is 41.6 Å². The van der Waals surface area contributed by atoms with Crippen molar-refractivity contribution in [2.75, 3.05) is 29.9 Å². The van der Waals surface area contributed by atoms with E-state index in [1.807, 2.05) is 6.07 Å². The van der Waals surface area contributed by atoms with Crippen molar-refractivity contribution < 1.29 is 14.5 Å². The van der Waals surface area contributed by atoms with Gasteiger partial charge in [-0.1, -0.05) is 0 Å². The molecule has 0 spiro atoms. The lowest BCUT2D eigenvalue weighted by molar-refractivity contribution is -0.385. The van der Waals surface area contributed by atoms with Crippen molar-refractivity contribution in [3.63, 3.8) is 0 Å². The molecule has 9 nitrogen and oxygen atoms in total. The highest BCUT2D eigenvalue weighted by atomic mass is 16.6. The second kappa shape index (κ2) is 9.01. The zero-order valence-corrected chi connectivity index (χ0v) is 16.0. The second-order valence-electron chi connectivity index (χ2n) is 6.63. The number of nitro groups is 1. The molecule has 2 heterocycles. The molecule has 29 heavy (non-hydrogen) atoms. The van der Waals surface area contributed by atoms with Gasteiger partial charge in [0, 0.05) is 37.1 Å². The van der Waals surface area contributed by atoms with Crippen LogP contribution in [0.4, 0.5) is 17.2 Å². The normalized spacial score (nSPS) is 14.1. The smallest absolute Gasteiger partial charge is 0.345 e. The van der Waals surface area contributed by atoms with Crippen LogP contribution in [0.5, 0.6) is 0 Å². The molecule has 3 rings (SSSR count). The molecule has 1 N–H and O–H groups in total. The van der Waals surface area contributed by atoms with E-state index >= 15 is 0 Å². The van der Waals surface area contributed by atoms with Gasteiger partial charge >= 0.3 is 5.97 Å². The maximum atomic E-state index is 12.1. The lowest BCUT2D eigenvalue weighted by Gasteiger charge is -2.33. The molecule has 150 valence electrons. The van der Waals surface area contributed by atoms with Crippen LogP contribution in [0, 0.1) is 21.4 Å². The lowest BCUT2D eigenvalue weighted by Crippen LogP contribution is -2.39. The summed E-state index contributed by atoms with van der Waals surface area (Å²) in [6.07, 6.45) is 3.24. The van der Waals surface area contributed by atoms with Crippen LogP contribution in [0.2, 0.25) is 0 Å². The molecule has 0 amide bonds. The van der Waals surface area contributed by atoms with Gasteiger partial charge in [0.25, 0.3) is 5.69 Å². The van der Waals surface area contributed by atoms with E-state index in [0.717, 1.165) is 31.7 Å². The molecule has 1 saturated heterocycles. The zero-order valence-electron chi connectivity index (χ0n) is 16.0. The van der Waals surface area contributed by atoms with Crippen molar-refractivity contribution >= 4 is 23.2 Å². The van der Waals surface area contributed by atoms with Gasteiger partial charge < -0.3 is 15.0 Å². The number of nitrogens with zero attached hydrogens (tertiary/aromatic N) is 4. The Hall–Kier alpha value is -3.67. The number of carbonyl (C=O) groups is 1. The van der Waals surface area contributed by atoms with E-state index in [4.69, 9.17) is 10.00 Å². The molecular formula is C20H21N5O4. The fourth-order valence-corrected chi connectivity index (χ4v) is 3.29. The Bertz CT molecular complexity index is 931. The predicted molar refractivity (Wildman–Crippen MR) is 107 cm³/mol. The zero-order chi connectivity index (χ0) is 20.8. The van der Waals surface area contributed by atoms with Gasteiger partial charge in [-0.15, -0.1) is 0 Å². The molecule has 1 aromatic heterocycles. The number of nitriles is 1. The van der Waals surface area contributed by atoms with Crippen molar-refractivity contribution in [3.05, 3.63) is 57.8 Å². The largest absolute Gasteiger partial charge is 0.462 e. The molecule has 0 atom stereocenters. The highest BCUT2D eigenvalue weighted by molar-refractivity contribution is 5.95. The minimum atomic E-state index is -0.704. The van der Waals surface area contributed by atoms with E-state index in [0.29, 0.717) is 11.3 Å². The minimum Gasteiger partial charge on any atom is -0.462 e. The molecule has 1 aromatic carbocycles. The van der Waals surface area contributed by atoms with E-state index in [1.54, 1.807) is 25.3 Å². The number of ether oxygens (including phenoxy) is 1. The second-order valence-corrected chi connectivity index (χ2v) is 6.63. The molecule has 0 aliphatic carbocycles. The van der Waals surface area contributed by atoms with Crippen LogP contribution >= 0.6 is 0 Å². The maximum Gasteiger partial charge on any atom is 0.345 e. The molecule has 2 aromatic rings. The number of esters is 1. The molecule has 1 fully saturated rings. The van der Waals surface area contributed by atoms with Gasteiger partial charge in [-0.3, -0.25) is 10.1 Å². The van der Waals surface area contributed by atoms with Crippen LogP contribution in [0.15, 0.2) is 36.5 Å². The first-order valence-corrected chi connectivity index (χ1v) is 9.35. The number of nitro benzene ring substituents is 1. The number of rotatable bonds is 6. The summed E-state index contributed by atoms with van der Waals surface area (Å²) in [7, 11) is 0. The summed E-state index contributed by atoms with van der Waals surface area (Å²) < 4.78 is 4.94. The van der Waals surface area contributed by atoms with Crippen molar-refractivity contribution in [1.29, 1.82) is 5.26 Å². The molecule has 0 radical (unpaired) electrons. The minimum absolute atomic E-state index is 0.0546. The Morgan fingerprint density at radius 2 is 2.14 bits per heavy atom. The van der Waals surface area contributed by atoms with Crippen LogP contribution in [0.3, 0.4) is 0 Å². The highest BCUT2D eigenvalue weighted by Crippen LogP contribution is 2.26. The third kappa shape index (κ3) is 4.79. The Kier molecular flexibility index (Phi) is 6.24. The lowest BCUT2D eigenvalue weighted by atomic mass is 10.0.